The van der Waals surface area contributed by atoms with E-state index in [1.807, 2.05) is 104 Å². The van der Waals surface area contributed by atoms with Gasteiger partial charge in [0.25, 0.3) is 11.8 Å². The minimum absolute atomic E-state index is 0.0245. The molecule has 2 heterocycles. The van der Waals surface area contributed by atoms with Crippen molar-refractivity contribution in [1.82, 2.24) is 19.6 Å². The van der Waals surface area contributed by atoms with Gasteiger partial charge in [-0.25, -0.2) is 18.1 Å². The number of hydrogen-bond donors (Lipinski definition) is 5. The van der Waals surface area contributed by atoms with Crippen LogP contribution in [0, 0.1) is 31.4 Å². The lowest BCUT2D eigenvalue weighted by molar-refractivity contribution is 0.0718. The molecular weight excluding hydrogens is 863 g/mol. The maximum Gasteiger partial charge on any atom is 0.274 e. The molecule has 0 bridgehead atoms. The van der Waals surface area contributed by atoms with E-state index in [9.17, 15) is 23.5 Å². The number of aromatic nitrogens is 4. The van der Waals surface area contributed by atoms with Gasteiger partial charge in [0, 0.05) is 13.1 Å². The molecule has 7 N–H and O–H groups in total. The highest BCUT2D eigenvalue weighted by molar-refractivity contribution is 6.04. The summed E-state index contributed by atoms with van der Waals surface area (Å²) in [7, 11) is 0. The van der Waals surface area contributed by atoms with Crippen molar-refractivity contribution >= 4 is 23.2 Å². The van der Waals surface area contributed by atoms with Crippen LogP contribution in [0.1, 0.15) is 90.8 Å². The van der Waals surface area contributed by atoms with Gasteiger partial charge in [-0.15, -0.1) is 0 Å². The second-order valence-corrected chi connectivity index (χ2v) is 16.7. The van der Waals surface area contributed by atoms with Crippen LogP contribution in [0.25, 0.3) is 11.4 Å². The predicted molar refractivity (Wildman–Crippen MR) is 259 cm³/mol. The van der Waals surface area contributed by atoms with Crippen LogP contribution in [-0.4, -0.2) is 43.1 Å². The van der Waals surface area contributed by atoms with Crippen molar-refractivity contribution in [3.63, 3.8) is 0 Å². The van der Waals surface area contributed by atoms with Crippen molar-refractivity contribution in [1.29, 1.82) is 0 Å². The molecule has 68 heavy (non-hydrogen) atoms. The zero-order valence-corrected chi connectivity index (χ0v) is 37.7. The van der Waals surface area contributed by atoms with Crippen LogP contribution in [-0.2, 0) is 17.8 Å². The third-order valence-corrected chi connectivity index (χ3v) is 11.4. The third kappa shape index (κ3) is 11.3. The summed E-state index contributed by atoms with van der Waals surface area (Å²) in [5.74, 6) is -1.52. The first-order valence-electron chi connectivity index (χ1n) is 22.3. The van der Waals surface area contributed by atoms with Crippen LogP contribution < -0.4 is 22.1 Å². The van der Waals surface area contributed by atoms with E-state index in [2.05, 4.69) is 20.8 Å². The van der Waals surface area contributed by atoms with Gasteiger partial charge in [0.2, 0.25) is 0 Å². The molecule has 1 aliphatic carbocycles. The first-order valence-corrected chi connectivity index (χ1v) is 22.3. The van der Waals surface area contributed by atoms with Crippen molar-refractivity contribution < 1.29 is 28.2 Å². The Morgan fingerprint density at radius 2 is 1.09 bits per heavy atom. The number of aryl methyl sites for hydroxylation is 2. The molecule has 6 aromatic carbocycles. The van der Waals surface area contributed by atoms with E-state index in [1.165, 1.54) is 41.8 Å². The topological polar surface area (TPSA) is 175 Å². The standard InChI is InChI=1S/C29H29FN4O2.C25H23FN4O2/c1-19-14-27(34(33-19)24-9-5-6-21(15-24)17-31)29(35)32-26-16-23(12-13-25(26)30)28(36-18-20-10-11-20)22-7-3-2-4-8-22;1-16-12-23(30(29-16)20-9-5-6-17(13-20)15-27)25(32)28-22-14-19(10-11-21(22)26)24(31)18-7-3-2-4-8-18/h2-9,12-16,20,28H,10-11,17-18,31H2,1H3,(H,32,35);2-14,24,31H,15,27H2,1H3,(H,28,32). The number of carbonyl (C=O) groups excluding carboxylic acids is 2. The molecule has 0 radical (unpaired) electrons. The summed E-state index contributed by atoms with van der Waals surface area (Å²) in [5.41, 5.74) is 19.6. The molecular formula is C54H52F2N8O4. The van der Waals surface area contributed by atoms with Gasteiger partial charge in [-0.3, -0.25) is 9.59 Å². The van der Waals surface area contributed by atoms with Gasteiger partial charge in [0.1, 0.15) is 35.2 Å². The summed E-state index contributed by atoms with van der Waals surface area (Å²) in [5, 5.41) is 24.9. The minimum Gasteiger partial charge on any atom is -0.384 e. The number of halogens is 2. The Hall–Kier alpha value is -7.62. The number of rotatable bonds is 15. The van der Waals surface area contributed by atoms with Crippen molar-refractivity contribution in [3.05, 3.63) is 226 Å². The van der Waals surface area contributed by atoms with Crippen molar-refractivity contribution in [2.75, 3.05) is 17.2 Å². The molecule has 8 aromatic rings. The molecule has 346 valence electrons. The second kappa shape index (κ2) is 21.3. The quantitative estimate of drug-likeness (QED) is 0.0676. The van der Waals surface area contributed by atoms with E-state index < -0.39 is 29.6 Å². The van der Waals surface area contributed by atoms with Crippen LogP contribution in [0.4, 0.5) is 20.2 Å². The Balaban J connectivity index is 0.000000185. The normalized spacial score (nSPS) is 13.0. The highest BCUT2D eigenvalue weighted by atomic mass is 19.1. The Bertz CT molecular complexity index is 3030. The maximum absolute atomic E-state index is 14.9. The highest BCUT2D eigenvalue weighted by Gasteiger charge is 2.26. The lowest BCUT2D eigenvalue weighted by Crippen LogP contribution is -2.18. The molecule has 9 rings (SSSR count). The highest BCUT2D eigenvalue weighted by Crippen LogP contribution is 2.35. The molecule has 14 heteroatoms. The van der Waals surface area contributed by atoms with Gasteiger partial charge in [-0.1, -0.05) is 97.1 Å². The molecule has 1 fully saturated rings. The zero-order chi connectivity index (χ0) is 47.7. The van der Waals surface area contributed by atoms with Crippen LogP contribution >= 0.6 is 0 Å². The fraction of sp³-hybridized carbons (Fsp3) is 0.185. The van der Waals surface area contributed by atoms with Gasteiger partial charge in [0.15, 0.2) is 0 Å². The van der Waals surface area contributed by atoms with Crippen LogP contribution in [0.15, 0.2) is 158 Å². The number of benzene rings is 6. The van der Waals surface area contributed by atoms with Gasteiger partial charge in [-0.05, 0) is 127 Å². The fourth-order valence-corrected chi connectivity index (χ4v) is 7.69. The van der Waals surface area contributed by atoms with E-state index in [1.54, 1.807) is 48.0 Å². The van der Waals surface area contributed by atoms with Crippen LogP contribution in [0.5, 0.6) is 0 Å². The summed E-state index contributed by atoms with van der Waals surface area (Å²) in [6.07, 6.45) is 1.05. The summed E-state index contributed by atoms with van der Waals surface area (Å²) >= 11 is 0. The number of carbonyl (C=O) groups is 2. The summed E-state index contributed by atoms with van der Waals surface area (Å²) in [6, 6.07) is 46.0. The average Bonchev–Trinajstić information content (AvgIpc) is 3.99. The lowest BCUT2D eigenvalue weighted by Gasteiger charge is -2.20. The number of nitrogens with one attached hydrogen (secondary N) is 2. The van der Waals surface area contributed by atoms with Crippen LogP contribution in [0.2, 0.25) is 0 Å². The number of nitrogens with zero attached hydrogens (tertiary/aromatic N) is 4. The number of anilines is 2. The molecule has 0 saturated heterocycles. The van der Waals surface area contributed by atoms with E-state index in [4.69, 9.17) is 16.2 Å². The first-order chi connectivity index (χ1) is 33.0. The Morgan fingerprint density at radius 3 is 1.57 bits per heavy atom. The van der Waals surface area contributed by atoms with Gasteiger partial charge in [0.05, 0.1) is 40.7 Å². The summed E-state index contributed by atoms with van der Waals surface area (Å²) in [6.45, 7) is 4.97. The fourth-order valence-electron chi connectivity index (χ4n) is 7.69. The van der Waals surface area contributed by atoms with Gasteiger partial charge in [-0.2, -0.15) is 10.2 Å². The van der Waals surface area contributed by atoms with Gasteiger partial charge < -0.3 is 31.9 Å². The van der Waals surface area contributed by atoms with E-state index in [-0.39, 0.29) is 23.2 Å². The van der Waals surface area contributed by atoms with Crippen molar-refractivity contribution in [3.8, 4) is 11.4 Å². The molecule has 2 atom stereocenters. The largest absolute Gasteiger partial charge is 0.384 e. The lowest BCUT2D eigenvalue weighted by atomic mass is 10.0. The molecule has 2 amide bonds. The predicted octanol–water partition coefficient (Wildman–Crippen LogP) is 9.66. The minimum atomic E-state index is -0.945. The first kappa shape index (κ1) is 46.9. The molecule has 2 aromatic heterocycles. The zero-order valence-electron chi connectivity index (χ0n) is 37.7. The second-order valence-electron chi connectivity index (χ2n) is 16.7. The number of hydrogen-bond acceptors (Lipinski definition) is 8. The number of aliphatic hydroxyl groups excluding tert-OH is 1. The number of amides is 2. The van der Waals surface area contributed by atoms with E-state index in [0.29, 0.717) is 65.2 Å². The number of nitrogens with two attached hydrogens (primary N) is 2. The molecule has 2 unspecified atom stereocenters. The van der Waals surface area contributed by atoms with Crippen molar-refractivity contribution in [2.24, 2.45) is 17.4 Å². The monoisotopic (exact) mass is 914 g/mol. The van der Waals surface area contributed by atoms with E-state index in [0.717, 1.165) is 22.3 Å². The Morgan fingerprint density at radius 1 is 0.618 bits per heavy atom. The van der Waals surface area contributed by atoms with Gasteiger partial charge >= 0.3 is 0 Å². The smallest absolute Gasteiger partial charge is 0.274 e. The van der Waals surface area contributed by atoms with E-state index >= 15 is 0 Å². The third-order valence-electron chi connectivity index (χ3n) is 11.4. The van der Waals surface area contributed by atoms with Crippen molar-refractivity contribution in [2.45, 2.75) is 52.0 Å². The SMILES string of the molecule is Cc1cc(C(=O)Nc2cc(C(O)c3ccccc3)ccc2F)n(-c2cccc(CN)c2)n1.Cc1cc(C(=O)Nc2cc(C(OCC3CC3)c3ccccc3)ccc2F)n(-c2cccc(CN)c2)n1. The molecule has 0 aliphatic heterocycles. The summed E-state index contributed by atoms with van der Waals surface area (Å²) in [4.78, 5) is 26.4. The molecule has 1 aliphatic rings. The number of aliphatic hydroxyl groups is 1. The summed E-state index contributed by atoms with van der Waals surface area (Å²) < 4.78 is 38.7. The molecule has 12 nitrogen and oxygen atoms in total. The Labute approximate surface area is 393 Å². The average molecular weight is 915 g/mol. The Kier molecular flexibility index (Phi) is 14.7. The molecule has 0 spiro atoms. The maximum atomic E-state index is 14.9. The molecule has 1 saturated carbocycles. The number of ether oxygens (including phenoxy) is 1. The van der Waals surface area contributed by atoms with Crippen LogP contribution in [0.3, 0.4) is 0 Å².